The van der Waals surface area contributed by atoms with Gasteiger partial charge in [0.05, 0.1) is 44.5 Å². The average molecular weight is 2220 g/mol. The fourth-order valence-corrected chi connectivity index (χ4v) is 22.3. The average Bonchev–Trinajstić information content (AvgIpc) is 1.29. The molecule has 2 aliphatic heterocycles. The number of hydrogen-bond acceptors (Lipinski definition) is 21. The van der Waals surface area contributed by atoms with Crippen LogP contribution in [-0.2, 0) is 78.4 Å². The molecule has 0 radical (unpaired) electrons. The minimum atomic E-state index is -0.758. The quantitative estimate of drug-likeness (QED) is 0.0161. The summed E-state index contributed by atoms with van der Waals surface area (Å²) < 4.78 is 21.6. The lowest BCUT2D eigenvalue weighted by Gasteiger charge is -2.32. The third-order valence-corrected chi connectivity index (χ3v) is 31.1. The van der Waals surface area contributed by atoms with Gasteiger partial charge in [-0.1, -0.05) is 226 Å². The summed E-state index contributed by atoms with van der Waals surface area (Å²) in [6.07, 6.45) is 19.2. The Morgan fingerprint density at radius 1 is 0.480 bits per heavy atom. The number of thioether (sulfide) groups is 1. The molecule has 22 nitrogen and oxygen atoms in total. The molecule has 6 amide bonds. The molecule has 8 aromatic carbocycles. The van der Waals surface area contributed by atoms with E-state index in [4.69, 9.17) is 89.2 Å². The molecule has 1 N–H and O–H groups in total. The van der Waals surface area contributed by atoms with Crippen LogP contribution in [0.4, 0.5) is 22.7 Å². The first-order chi connectivity index (χ1) is 72.9. The van der Waals surface area contributed by atoms with Crippen molar-refractivity contribution in [3.8, 4) is 17.2 Å². The zero-order chi connectivity index (χ0) is 107. The fraction of sp³-hybridized carbons (Fsp3) is 0.339. The Kier molecular flexibility index (Phi) is 50.4. The number of benzene rings is 8. The van der Waals surface area contributed by atoms with E-state index >= 15 is 0 Å². The highest BCUT2D eigenvalue weighted by atomic mass is 35.5. The molecule has 1 saturated carbocycles. The standard InChI is InChI=1S/C24H23Cl2NO3S.C24H29ClN2O2.2C24H24ClNO3S.C22H29N3O3S2/c1-30-21-13-12-18(15-19(21)26)27(23(29)16-25)24(22-11-6-14-31-22)20(28)10-5-9-17-7-3-2-4-8-17;1-17-10-11-21(13-18(17)2)27(23(29)15-25)24(20-9-6-12-26-16-20)22(28)14-19-7-4-3-5-8-19;1-29-20-12-6-11-19(16-20)26(23(28)17-25)24(22-14-7-15-30-22)21(27)13-5-10-18-8-3-2-4-9-18;1-29-20-14-12-19(13-15-20)26(23(28)17-25)24(22-11-6-16-30-22)21(27)10-5-9-18-7-3-2-4-8-18;1-2-17-4-6-18(7-5-17)16-19-21(27)25(22(29)30-19)11-8-20(26)23-9-3-10-24-12-14-28-15-13-24/h2-4,6-8,11-15,24H,5,9-10,16H2,1H3;6,9-13,16,19,24H,3-5,7-8,14-15H2,1-2H3;2-4,6-9,11-12,14-16,24H,5,10,13,17H2,1H3;2-4,6-8,11-16,24H,5,9-10,17H2,1H3;4-7,16H,2-3,8-15H2,1H3,(H,23,26)/b;;;;19-16-. The normalized spacial score (nSPS) is 13.9. The second-order valence-corrected chi connectivity index (χ2v) is 42.0. The minimum absolute atomic E-state index is 0.00247. The third kappa shape index (κ3) is 36.1. The van der Waals surface area contributed by atoms with Crippen LogP contribution in [0.1, 0.15) is 180 Å². The maximum Gasteiger partial charge on any atom is 0.266 e. The van der Waals surface area contributed by atoms with Crippen LogP contribution in [0, 0.1) is 19.8 Å². The summed E-state index contributed by atoms with van der Waals surface area (Å²) in [6, 6.07) is 75.5. The summed E-state index contributed by atoms with van der Waals surface area (Å²) in [4.78, 5) is 147. The van der Waals surface area contributed by atoms with Crippen molar-refractivity contribution < 1.29 is 66.9 Å². The molecule has 6 heterocycles. The lowest BCUT2D eigenvalue weighted by atomic mass is 9.83. The van der Waals surface area contributed by atoms with Crippen molar-refractivity contribution in [3.63, 3.8) is 0 Å². The number of nitrogens with one attached hydrogen (secondary N) is 1. The molecule has 4 atom stereocenters. The van der Waals surface area contributed by atoms with Crippen LogP contribution in [0.15, 0.2) is 282 Å². The first-order valence-electron chi connectivity index (χ1n) is 50.2. The van der Waals surface area contributed by atoms with Gasteiger partial charge in [0.2, 0.25) is 29.5 Å². The molecular weight excluding hydrogens is 2090 g/mol. The molecule has 12 aromatic rings. The van der Waals surface area contributed by atoms with E-state index < -0.39 is 24.2 Å². The van der Waals surface area contributed by atoms with Crippen molar-refractivity contribution in [2.24, 2.45) is 5.92 Å². The Hall–Kier alpha value is -11.5. The van der Waals surface area contributed by atoms with E-state index in [0.29, 0.717) is 112 Å². The summed E-state index contributed by atoms with van der Waals surface area (Å²) in [6.45, 7) is 11.5. The van der Waals surface area contributed by atoms with E-state index in [2.05, 4.69) is 58.5 Å². The number of hydrogen-bond donors (Lipinski definition) is 1. The van der Waals surface area contributed by atoms with E-state index in [9.17, 15) is 47.9 Å². The Bertz CT molecular complexity index is 6310. The molecule has 15 rings (SSSR count). The largest absolute Gasteiger partial charge is 0.497 e. The maximum atomic E-state index is 13.5. The molecule has 4 aromatic heterocycles. The topological polar surface area (TPSA) is 252 Å². The van der Waals surface area contributed by atoms with E-state index in [0.717, 1.165) is 121 Å². The van der Waals surface area contributed by atoms with Gasteiger partial charge in [-0.15, -0.1) is 80.4 Å². The molecule has 4 unspecified atom stereocenters. The first kappa shape index (κ1) is 119. The summed E-state index contributed by atoms with van der Waals surface area (Å²) in [5, 5.41) is 9.01. The molecule has 0 spiro atoms. The number of aromatic nitrogens is 1. The van der Waals surface area contributed by atoms with Crippen molar-refractivity contribution in [1.82, 2.24) is 20.1 Å². The Balaban J connectivity index is 0.000000178. The molecule has 2 saturated heterocycles. The number of anilines is 4. The molecular formula is C118H129Cl5N8O14S5. The zero-order valence-electron chi connectivity index (χ0n) is 85.3. The van der Waals surface area contributed by atoms with E-state index in [1.54, 1.807) is 104 Å². The van der Waals surface area contributed by atoms with E-state index in [1.165, 1.54) is 114 Å². The molecule has 0 bridgehead atoms. The van der Waals surface area contributed by atoms with Gasteiger partial charge in [-0.25, -0.2) is 0 Å². The Morgan fingerprint density at radius 2 is 0.960 bits per heavy atom. The van der Waals surface area contributed by atoms with Crippen LogP contribution in [-0.4, -0.2) is 168 Å². The van der Waals surface area contributed by atoms with Gasteiger partial charge < -0.3 is 24.3 Å². The number of rotatable bonds is 46. The number of ketones is 4. The number of nitrogens with zero attached hydrogens (tertiary/aromatic N) is 7. The number of amides is 6. The summed E-state index contributed by atoms with van der Waals surface area (Å²) >= 11 is 41.1. The smallest absolute Gasteiger partial charge is 0.266 e. The highest BCUT2D eigenvalue weighted by Crippen LogP contribution is 2.42. The van der Waals surface area contributed by atoms with Gasteiger partial charge >= 0.3 is 0 Å². The van der Waals surface area contributed by atoms with Crippen molar-refractivity contribution in [1.29, 1.82) is 0 Å². The third-order valence-electron chi connectivity index (χ3n) is 25.7. The number of methoxy groups -OCH3 is 3. The second kappa shape index (κ2) is 63.7. The Morgan fingerprint density at radius 3 is 1.41 bits per heavy atom. The number of carbonyl (C=O) groups excluding carboxylic acids is 10. The van der Waals surface area contributed by atoms with Gasteiger partial charge in [-0.3, -0.25) is 82.3 Å². The zero-order valence-corrected chi connectivity index (χ0v) is 93.2. The van der Waals surface area contributed by atoms with Crippen molar-refractivity contribution in [3.05, 3.63) is 346 Å². The number of pyridine rings is 1. The Labute approximate surface area is 927 Å². The number of aryl methyl sites for hydroxylation is 6. The van der Waals surface area contributed by atoms with Crippen LogP contribution in [0.5, 0.6) is 17.2 Å². The molecule has 3 aliphatic rings. The number of alkyl halides is 4. The number of halogens is 5. The number of ether oxygens (including phenoxy) is 4. The number of thiocarbonyl (C=S) groups is 1. The van der Waals surface area contributed by atoms with Crippen molar-refractivity contribution >= 4 is 208 Å². The first-order valence-corrected chi connectivity index (χ1v) is 56.6. The summed E-state index contributed by atoms with van der Waals surface area (Å²) in [5.74, 6) is -0.0913. The molecule has 3 fully saturated rings. The highest BCUT2D eigenvalue weighted by Gasteiger charge is 2.39. The lowest BCUT2D eigenvalue weighted by Crippen LogP contribution is -2.40. The predicted octanol–water partition coefficient (Wildman–Crippen LogP) is 25.9. The number of thiophene rings is 3. The number of Topliss-reactive ketones (excluding diaryl/α,β-unsaturated/α-hetero) is 4. The van der Waals surface area contributed by atoms with E-state index in [-0.39, 0.29) is 88.5 Å². The van der Waals surface area contributed by atoms with Gasteiger partial charge in [0.15, 0.2) is 23.1 Å². The van der Waals surface area contributed by atoms with Crippen LogP contribution in [0.3, 0.4) is 0 Å². The monoisotopic (exact) mass is 2220 g/mol. The number of carbonyl (C=O) groups is 10. The highest BCUT2D eigenvalue weighted by molar-refractivity contribution is 8.26. The molecule has 790 valence electrons. The minimum Gasteiger partial charge on any atom is -0.497 e. The maximum absolute atomic E-state index is 13.5. The lowest BCUT2D eigenvalue weighted by molar-refractivity contribution is -0.125. The van der Waals surface area contributed by atoms with Gasteiger partial charge in [0.25, 0.3) is 5.91 Å². The van der Waals surface area contributed by atoms with Crippen LogP contribution in [0.2, 0.25) is 5.02 Å². The van der Waals surface area contributed by atoms with E-state index in [1.807, 2.05) is 176 Å². The van der Waals surface area contributed by atoms with Crippen molar-refractivity contribution in [2.45, 2.75) is 161 Å². The van der Waals surface area contributed by atoms with Gasteiger partial charge in [0, 0.05) is 120 Å². The fourth-order valence-electron chi connectivity index (χ4n) is 17.7. The number of morpholine rings is 1. The van der Waals surface area contributed by atoms with Crippen LogP contribution < -0.4 is 39.1 Å². The SMILES string of the molecule is CCc1ccc(/C=C2\SC(=S)N(CCC(=O)NCCCN3CCOCC3)C2=O)cc1.COc1ccc(N(C(=O)CCl)C(C(=O)CCCc2ccccc2)c2cccs2)cc1.COc1ccc(N(C(=O)CCl)C(C(=O)CCCc2ccccc2)c2cccs2)cc1Cl.COc1cccc(N(C(=O)CCl)C(C(=O)CCCc2ccccc2)c2cccs2)c1.Cc1ccc(N(C(=O)CCl)C(C(=O)CC2CCCCC2)c2cccnc2)cc1C. The van der Waals surface area contributed by atoms with Crippen LogP contribution >= 0.6 is 116 Å². The predicted molar refractivity (Wildman–Crippen MR) is 615 cm³/mol. The summed E-state index contributed by atoms with van der Waals surface area (Å²) in [5.41, 5.74) is 11.2. The molecule has 32 heteroatoms. The molecule has 1 aliphatic carbocycles. The van der Waals surface area contributed by atoms with Crippen LogP contribution in [0.25, 0.3) is 6.08 Å². The van der Waals surface area contributed by atoms with Gasteiger partial charge in [-0.05, 0) is 230 Å². The van der Waals surface area contributed by atoms with Gasteiger partial charge in [-0.2, -0.15) is 0 Å². The second-order valence-electron chi connectivity index (χ2n) is 35.9. The molecule has 150 heavy (non-hydrogen) atoms. The van der Waals surface area contributed by atoms with Crippen molar-refractivity contribution in [2.75, 3.05) is 110 Å². The van der Waals surface area contributed by atoms with Gasteiger partial charge in [0.1, 0.15) is 69.3 Å². The summed E-state index contributed by atoms with van der Waals surface area (Å²) in [7, 11) is 4.67.